The lowest BCUT2D eigenvalue weighted by atomic mass is 10.2. The van der Waals surface area contributed by atoms with E-state index in [1.807, 2.05) is 18.2 Å². The summed E-state index contributed by atoms with van der Waals surface area (Å²) in [5, 5.41) is 6.48. The first kappa shape index (κ1) is 14.9. The van der Waals surface area contributed by atoms with Gasteiger partial charge in [-0.3, -0.25) is 5.43 Å². The summed E-state index contributed by atoms with van der Waals surface area (Å²) in [6, 6.07) is 5.53. The first-order chi connectivity index (χ1) is 10.2. The Morgan fingerprint density at radius 1 is 1.48 bits per heavy atom. The minimum absolute atomic E-state index is 0.410. The second-order valence-electron chi connectivity index (χ2n) is 3.96. The van der Waals surface area contributed by atoms with Gasteiger partial charge in [0, 0.05) is 5.38 Å². The van der Waals surface area contributed by atoms with Gasteiger partial charge in [0.2, 0.25) is 5.13 Å². The highest BCUT2D eigenvalue weighted by Gasteiger charge is 2.04. The fraction of sp³-hybridized carbons (Fsp3) is 0.143. The average molecular weight is 304 g/mol. The molecule has 7 heteroatoms. The molecular weight excluding hydrogens is 288 g/mol. The van der Waals surface area contributed by atoms with Crippen LogP contribution in [0.4, 0.5) is 10.9 Å². The summed E-state index contributed by atoms with van der Waals surface area (Å²) in [6.07, 6.45) is 3.34. The van der Waals surface area contributed by atoms with E-state index in [0.717, 1.165) is 5.56 Å². The van der Waals surface area contributed by atoms with Gasteiger partial charge >= 0.3 is 0 Å². The minimum atomic E-state index is 0.410. The molecule has 3 N–H and O–H groups in total. The maximum atomic E-state index is 5.53. The van der Waals surface area contributed by atoms with E-state index in [0.29, 0.717) is 29.1 Å². The van der Waals surface area contributed by atoms with Crippen molar-refractivity contribution in [3.05, 3.63) is 41.8 Å². The maximum Gasteiger partial charge on any atom is 0.205 e. The van der Waals surface area contributed by atoms with E-state index < -0.39 is 0 Å². The maximum absolute atomic E-state index is 5.53. The Labute approximate surface area is 126 Å². The number of nitrogen functional groups attached to an aromatic ring is 1. The number of methoxy groups -OCH3 is 1. The van der Waals surface area contributed by atoms with Crippen molar-refractivity contribution in [3.63, 3.8) is 0 Å². The summed E-state index contributed by atoms with van der Waals surface area (Å²) >= 11 is 1.39. The third-order valence-corrected chi connectivity index (χ3v) is 3.21. The second kappa shape index (κ2) is 7.30. The molecule has 0 amide bonds. The molecule has 0 aliphatic carbocycles. The third-order valence-electron chi connectivity index (χ3n) is 2.44. The van der Waals surface area contributed by atoms with E-state index in [2.05, 4.69) is 22.1 Å². The van der Waals surface area contributed by atoms with Crippen molar-refractivity contribution in [2.45, 2.75) is 0 Å². The van der Waals surface area contributed by atoms with Gasteiger partial charge in [0.25, 0.3) is 0 Å². The molecule has 0 spiro atoms. The van der Waals surface area contributed by atoms with Crippen molar-refractivity contribution in [2.24, 2.45) is 5.10 Å². The summed E-state index contributed by atoms with van der Waals surface area (Å²) in [4.78, 5) is 4.04. The molecule has 0 aliphatic rings. The van der Waals surface area contributed by atoms with Crippen LogP contribution in [0.1, 0.15) is 5.56 Å². The second-order valence-corrected chi connectivity index (χ2v) is 4.82. The lowest BCUT2D eigenvalue weighted by Crippen LogP contribution is -1.97. The molecule has 0 saturated heterocycles. The molecule has 1 aromatic heterocycles. The number of hydrazone groups is 1. The van der Waals surface area contributed by atoms with Crippen LogP contribution >= 0.6 is 11.3 Å². The third kappa shape index (κ3) is 4.22. The lowest BCUT2D eigenvalue weighted by Gasteiger charge is -2.09. The first-order valence-electron chi connectivity index (χ1n) is 6.14. The number of benzene rings is 1. The van der Waals surface area contributed by atoms with E-state index in [9.17, 15) is 0 Å². The number of rotatable bonds is 7. The van der Waals surface area contributed by atoms with Crippen LogP contribution in [0.15, 0.2) is 41.3 Å². The standard InChI is InChI=1S/C14H16N4O2S/c1-3-6-20-12-7-10(4-5-11(12)19-2)8-16-18-14-17-13(15)9-21-14/h3-5,7-9H,1,6,15H2,2H3,(H,17,18). The Kier molecular flexibility index (Phi) is 5.16. The van der Waals surface area contributed by atoms with E-state index in [4.69, 9.17) is 15.2 Å². The number of nitrogens with zero attached hydrogens (tertiary/aromatic N) is 2. The number of ether oxygens (including phenoxy) is 2. The van der Waals surface area contributed by atoms with E-state index >= 15 is 0 Å². The smallest absolute Gasteiger partial charge is 0.205 e. The number of hydrogen-bond acceptors (Lipinski definition) is 7. The molecule has 0 radical (unpaired) electrons. The van der Waals surface area contributed by atoms with Crippen molar-refractivity contribution in [3.8, 4) is 11.5 Å². The fourth-order valence-electron chi connectivity index (χ4n) is 1.53. The van der Waals surface area contributed by atoms with Crippen molar-refractivity contribution in [2.75, 3.05) is 24.9 Å². The SMILES string of the molecule is C=CCOc1cc(C=NNc2nc(N)cs2)ccc1OC. The van der Waals surface area contributed by atoms with Crippen molar-refractivity contribution < 1.29 is 9.47 Å². The van der Waals surface area contributed by atoms with Gasteiger partial charge in [0.05, 0.1) is 13.3 Å². The highest BCUT2D eigenvalue weighted by molar-refractivity contribution is 7.14. The van der Waals surface area contributed by atoms with Gasteiger partial charge in [-0.05, 0) is 23.8 Å². The lowest BCUT2D eigenvalue weighted by molar-refractivity contribution is 0.326. The molecule has 2 rings (SSSR count). The van der Waals surface area contributed by atoms with Crippen LogP contribution in [0.5, 0.6) is 11.5 Å². The van der Waals surface area contributed by atoms with Crippen molar-refractivity contribution >= 4 is 28.5 Å². The molecular formula is C14H16N4O2S. The Morgan fingerprint density at radius 2 is 2.33 bits per heavy atom. The molecule has 6 nitrogen and oxygen atoms in total. The van der Waals surface area contributed by atoms with Crippen LogP contribution in [0.3, 0.4) is 0 Å². The zero-order valence-corrected chi connectivity index (χ0v) is 12.4. The summed E-state index contributed by atoms with van der Waals surface area (Å²) < 4.78 is 10.8. The summed E-state index contributed by atoms with van der Waals surface area (Å²) in [6.45, 7) is 4.03. The van der Waals surface area contributed by atoms with Crippen LogP contribution in [-0.4, -0.2) is 24.9 Å². The van der Waals surface area contributed by atoms with Crippen molar-refractivity contribution in [1.82, 2.24) is 4.98 Å². The molecule has 110 valence electrons. The molecule has 2 aromatic rings. The van der Waals surface area contributed by atoms with Crippen LogP contribution < -0.4 is 20.6 Å². The van der Waals surface area contributed by atoms with Gasteiger partial charge in [-0.2, -0.15) is 5.10 Å². The Hall–Kier alpha value is -2.54. The monoisotopic (exact) mass is 304 g/mol. The Bertz CT molecular complexity index is 640. The number of aromatic nitrogens is 1. The predicted octanol–water partition coefficient (Wildman–Crippen LogP) is 2.74. The topological polar surface area (TPSA) is 81.8 Å². The minimum Gasteiger partial charge on any atom is -0.493 e. The highest BCUT2D eigenvalue weighted by Crippen LogP contribution is 2.27. The zero-order valence-electron chi connectivity index (χ0n) is 11.6. The van der Waals surface area contributed by atoms with Crippen LogP contribution in [0.2, 0.25) is 0 Å². The van der Waals surface area contributed by atoms with Crippen LogP contribution in [0, 0.1) is 0 Å². The molecule has 0 fully saturated rings. The van der Waals surface area contributed by atoms with Gasteiger partial charge in [-0.15, -0.1) is 11.3 Å². The molecule has 0 atom stereocenters. The predicted molar refractivity (Wildman–Crippen MR) is 86.4 cm³/mol. The van der Waals surface area contributed by atoms with Crippen LogP contribution in [-0.2, 0) is 0 Å². The Balaban J connectivity index is 2.06. The number of thiazole rings is 1. The Morgan fingerprint density at radius 3 is 3.00 bits per heavy atom. The van der Waals surface area contributed by atoms with Gasteiger partial charge in [0.15, 0.2) is 11.5 Å². The molecule has 0 bridgehead atoms. The van der Waals surface area contributed by atoms with Crippen LogP contribution in [0.25, 0.3) is 0 Å². The number of hydrogen-bond donors (Lipinski definition) is 2. The molecule has 1 aromatic carbocycles. The zero-order chi connectivity index (χ0) is 15.1. The molecule has 1 heterocycles. The molecule has 21 heavy (non-hydrogen) atoms. The molecule has 0 unspecified atom stereocenters. The number of anilines is 2. The average Bonchev–Trinajstić information content (AvgIpc) is 2.91. The summed E-state index contributed by atoms with van der Waals surface area (Å²) in [7, 11) is 1.60. The molecule has 0 saturated carbocycles. The first-order valence-corrected chi connectivity index (χ1v) is 7.02. The molecule has 0 aliphatic heterocycles. The highest BCUT2D eigenvalue weighted by atomic mass is 32.1. The van der Waals surface area contributed by atoms with E-state index in [1.54, 1.807) is 24.8 Å². The van der Waals surface area contributed by atoms with Gasteiger partial charge in [-0.25, -0.2) is 4.98 Å². The van der Waals surface area contributed by atoms with Gasteiger partial charge in [0.1, 0.15) is 12.4 Å². The normalized spacial score (nSPS) is 10.5. The summed E-state index contributed by atoms with van der Waals surface area (Å²) in [5.74, 6) is 1.77. The van der Waals surface area contributed by atoms with Gasteiger partial charge < -0.3 is 15.2 Å². The fourth-order valence-corrected chi connectivity index (χ4v) is 2.08. The quantitative estimate of drug-likeness (QED) is 0.467. The largest absolute Gasteiger partial charge is 0.493 e. The van der Waals surface area contributed by atoms with Gasteiger partial charge in [-0.1, -0.05) is 12.7 Å². The van der Waals surface area contributed by atoms with E-state index in [-0.39, 0.29) is 0 Å². The van der Waals surface area contributed by atoms with Crippen molar-refractivity contribution in [1.29, 1.82) is 0 Å². The van der Waals surface area contributed by atoms with E-state index in [1.165, 1.54) is 11.3 Å². The number of nitrogens with one attached hydrogen (secondary N) is 1. The number of nitrogens with two attached hydrogens (primary N) is 1. The summed E-state index contributed by atoms with van der Waals surface area (Å²) in [5.41, 5.74) is 9.21.